The molecule has 0 radical (unpaired) electrons. The summed E-state index contributed by atoms with van der Waals surface area (Å²) in [5.41, 5.74) is 1.24. The fourth-order valence-corrected chi connectivity index (χ4v) is 2.05. The fourth-order valence-electron chi connectivity index (χ4n) is 2.05. The second kappa shape index (κ2) is 5.17. The lowest BCUT2D eigenvalue weighted by Gasteiger charge is -2.11. The molecule has 0 amide bonds. The Bertz CT molecular complexity index is 467. The van der Waals surface area contributed by atoms with E-state index in [9.17, 15) is 0 Å². The smallest absolute Gasteiger partial charge is 0.111 e. The summed E-state index contributed by atoms with van der Waals surface area (Å²) in [5, 5.41) is 0. The number of hydrogen-bond acceptors (Lipinski definition) is 2. The third-order valence-corrected chi connectivity index (χ3v) is 2.86. The highest BCUT2D eigenvalue weighted by Crippen LogP contribution is 2.13. The van der Waals surface area contributed by atoms with Crippen molar-refractivity contribution in [2.45, 2.75) is 46.2 Å². The average Bonchev–Trinajstić information content (AvgIpc) is 2.89. The predicted molar refractivity (Wildman–Crippen MR) is 67.9 cm³/mol. The molecule has 0 aliphatic carbocycles. The van der Waals surface area contributed by atoms with Crippen LogP contribution in [0.3, 0.4) is 0 Å². The minimum atomic E-state index is 0.451. The van der Waals surface area contributed by atoms with Gasteiger partial charge in [-0.25, -0.2) is 9.97 Å². The summed E-state index contributed by atoms with van der Waals surface area (Å²) >= 11 is 0. The Morgan fingerprint density at radius 1 is 1.29 bits per heavy atom. The molecule has 2 heterocycles. The van der Waals surface area contributed by atoms with Crippen LogP contribution in [0.2, 0.25) is 0 Å². The molecule has 2 rings (SSSR count). The molecule has 2 aromatic heterocycles. The summed E-state index contributed by atoms with van der Waals surface area (Å²) < 4.78 is 4.41. The van der Waals surface area contributed by atoms with E-state index in [0.717, 1.165) is 25.3 Å². The van der Waals surface area contributed by atoms with Gasteiger partial charge in [0.25, 0.3) is 0 Å². The van der Waals surface area contributed by atoms with Gasteiger partial charge >= 0.3 is 0 Å². The Morgan fingerprint density at radius 3 is 2.82 bits per heavy atom. The first kappa shape index (κ1) is 11.9. The van der Waals surface area contributed by atoms with Crippen molar-refractivity contribution >= 4 is 0 Å². The van der Waals surface area contributed by atoms with Gasteiger partial charge in [-0.1, -0.05) is 20.8 Å². The zero-order chi connectivity index (χ0) is 12.3. The number of aromatic nitrogens is 4. The molecule has 0 bridgehead atoms. The molecule has 4 nitrogen and oxygen atoms in total. The monoisotopic (exact) mass is 232 g/mol. The maximum Gasteiger partial charge on any atom is 0.111 e. The van der Waals surface area contributed by atoms with E-state index in [0.29, 0.717) is 5.92 Å². The van der Waals surface area contributed by atoms with Crippen molar-refractivity contribution in [2.75, 3.05) is 0 Å². The molecule has 0 fully saturated rings. The van der Waals surface area contributed by atoms with E-state index in [1.54, 1.807) is 0 Å². The van der Waals surface area contributed by atoms with Crippen LogP contribution < -0.4 is 0 Å². The number of aryl methyl sites for hydroxylation is 1. The van der Waals surface area contributed by atoms with Crippen LogP contribution in [0.1, 0.15) is 44.6 Å². The summed E-state index contributed by atoms with van der Waals surface area (Å²) in [4.78, 5) is 8.63. The van der Waals surface area contributed by atoms with Crippen LogP contribution in [0, 0.1) is 0 Å². The van der Waals surface area contributed by atoms with Crippen molar-refractivity contribution in [3.63, 3.8) is 0 Å². The second-order valence-electron chi connectivity index (χ2n) is 4.65. The van der Waals surface area contributed by atoms with E-state index in [4.69, 9.17) is 0 Å². The van der Waals surface area contributed by atoms with Crippen molar-refractivity contribution in [3.05, 3.63) is 36.4 Å². The lowest BCUT2D eigenvalue weighted by atomic mass is 10.2. The predicted octanol–water partition coefficient (Wildman–Crippen LogP) is 2.66. The molecule has 0 saturated carbocycles. The van der Waals surface area contributed by atoms with Gasteiger partial charge in [0.05, 0.1) is 18.6 Å². The summed E-state index contributed by atoms with van der Waals surface area (Å²) in [7, 11) is 0. The molecule has 0 saturated heterocycles. The standard InChI is InChI=1S/C13H20N4/c1-4-6-17-10-14-8-12(17)9-16-7-5-15-13(16)11(2)3/h5,7-8,10-11H,4,6,9H2,1-3H3. The first-order valence-corrected chi connectivity index (χ1v) is 6.22. The van der Waals surface area contributed by atoms with E-state index in [1.807, 2.05) is 24.9 Å². The number of nitrogens with zero attached hydrogens (tertiary/aromatic N) is 4. The van der Waals surface area contributed by atoms with Gasteiger partial charge in [0.2, 0.25) is 0 Å². The minimum Gasteiger partial charge on any atom is -0.333 e. The molecule has 17 heavy (non-hydrogen) atoms. The SMILES string of the molecule is CCCn1cncc1Cn1ccnc1C(C)C. The molecule has 0 aromatic carbocycles. The molecule has 0 N–H and O–H groups in total. The van der Waals surface area contributed by atoms with E-state index in [-0.39, 0.29) is 0 Å². The molecular weight excluding hydrogens is 212 g/mol. The normalized spacial score (nSPS) is 11.3. The molecular formula is C13H20N4. The van der Waals surface area contributed by atoms with Gasteiger partial charge in [-0.2, -0.15) is 0 Å². The summed E-state index contributed by atoms with van der Waals surface area (Å²) in [6.45, 7) is 8.40. The Kier molecular flexibility index (Phi) is 3.61. The highest BCUT2D eigenvalue weighted by Gasteiger charge is 2.09. The van der Waals surface area contributed by atoms with Crippen LogP contribution in [-0.2, 0) is 13.1 Å². The van der Waals surface area contributed by atoms with Gasteiger partial charge in [-0.3, -0.25) is 0 Å². The topological polar surface area (TPSA) is 35.6 Å². The van der Waals surface area contributed by atoms with Crippen LogP contribution in [0.4, 0.5) is 0 Å². The van der Waals surface area contributed by atoms with Gasteiger partial charge in [0.1, 0.15) is 5.82 Å². The van der Waals surface area contributed by atoms with Crippen molar-refractivity contribution in [1.29, 1.82) is 0 Å². The molecule has 0 spiro atoms. The molecule has 2 aromatic rings. The molecule has 0 atom stereocenters. The van der Waals surface area contributed by atoms with E-state index in [2.05, 4.69) is 39.9 Å². The highest BCUT2D eigenvalue weighted by molar-refractivity contribution is 5.05. The average molecular weight is 232 g/mol. The van der Waals surface area contributed by atoms with Gasteiger partial charge < -0.3 is 9.13 Å². The summed E-state index contributed by atoms with van der Waals surface area (Å²) in [6, 6.07) is 0. The molecule has 0 unspecified atom stereocenters. The fraction of sp³-hybridized carbons (Fsp3) is 0.538. The minimum absolute atomic E-state index is 0.451. The third-order valence-electron chi connectivity index (χ3n) is 2.86. The Balaban J connectivity index is 2.19. The van der Waals surface area contributed by atoms with E-state index < -0.39 is 0 Å². The number of imidazole rings is 2. The van der Waals surface area contributed by atoms with Crippen molar-refractivity contribution in [1.82, 2.24) is 19.1 Å². The third kappa shape index (κ3) is 2.57. The largest absolute Gasteiger partial charge is 0.333 e. The van der Waals surface area contributed by atoms with Crippen molar-refractivity contribution < 1.29 is 0 Å². The summed E-state index contributed by atoms with van der Waals surface area (Å²) in [5.74, 6) is 1.58. The lowest BCUT2D eigenvalue weighted by molar-refractivity contribution is 0.601. The lowest BCUT2D eigenvalue weighted by Crippen LogP contribution is -2.10. The van der Waals surface area contributed by atoms with Crippen LogP contribution in [0.5, 0.6) is 0 Å². The van der Waals surface area contributed by atoms with Gasteiger partial charge in [-0.05, 0) is 6.42 Å². The first-order chi connectivity index (χ1) is 8.22. The number of hydrogen-bond donors (Lipinski definition) is 0. The molecule has 0 aliphatic heterocycles. The molecule has 0 aliphatic rings. The Morgan fingerprint density at radius 2 is 2.12 bits per heavy atom. The Hall–Kier alpha value is -1.58. The first-order valence-electron chi connectivity index (χ1n) is 6.22. The van der Waals surface area contributed by atoms with E-state index in [1.165, 1.54) is 5.69 Å². The van der Waals surface area contributed by atoms with Gasteiger partial charge in [-0.15, -0.1) is 0 Å². The molecule has 92 valence electrons. The van der Waals surface area contributed by atoms with E-state index >= 15 is 0 Å². The second-order valence-corrected chi connectivity index (χ2v) is 4.65. The molecule has 4 heteroatoms. The van der Waals surface area contributed by atoms with Crippen molar-refractivity contribution in [2.24, 2.45) is 0 Å². The quantitative estimate of drug-likeness (QED) is 0.794. The van der Waals surface area contributed by atoms with Crippen molar-refractivity contribution in [3.8, 4) is 0 Å². The zero-order valence-electron chi connectivity index (χ0n) is 10.8. The number of rotatable bonds is 5. The van der Waals surface area contributed by atoms with Crippen LogP contribution >= 0.6 is 0 Å². The van der Waals surface area contributed by atoms with Crippen LogP contribution in [0.15, 0.2) is 24.9 Å². The van der Waals surface area contributed by atoms with Crippen LogP contribution in [-0.4, -0.2) is 19.1 Å². The van der Waals surface area contributed by atoms with Gasteiger partial charge in [0.15, 0.2) is 0 Å². The summed E-state index contributed by atoms with van der Waals surface area (Å²) in [6.07, 6.45) is 8.89. The zero-order valence-corrected chi connectivity index (χ0v) is 10.8. The maximum absolute atomic E-state index is 4.41. The maximum atomic E-state index is 4.41. The van der Waals surface area contributed by atoms with Crippen LogP contribution in [0.25, 0.3) is 0 Å². The Labute approximate surface area is 102 Å². The van der Waals surface area contributed by atoms with Gasteiger partial charge in [0, 0.05) is 31.1 Å². The highest BCUT2D eigenvalue weighted by atomic mass is 15.1.